The van der Waals surface area contributed by atoms with Gasteiger partial charge in [0, 0.05) is 18.8 Å². The largest absolute Gasteiger partial charge is 0.461 e. The number of carbonyl (C=O) groups excluding carboxylic acids is 1. The van der Waals surface area contributed by atoms with Crippen LogP contribution >= 0.6 is 0 Å². The van der Waals surface area contributed by atoms with Crippen molar-refractivity contribution >= 4 is 5.97 Å². The van der Waals surface area contributed by atoms with Crippen molar-refractivity contribution < 1.29 is 13.9 Å². The third-order valence-electron chi connectivity index (χ3n) is 2.90. The van der Waals surface area contributed by atoms with Crippen LogP contribution in [0.15, 0.2) is 30.5 Å². The number of carbonyl (C=O) groups is 1. The molecule has 0 spiro atoms. The number of hydrogen-bond acceptors (Lipinski definition) is 3. The van der Waals surface area contributed by atoms with Gasteiger partial charge in [-0.3, -0.25) is 0 Å². The monoisotopic (exact) mass is 272 g/mol. The van der Waals surface area contributed by atoms with Gasteiger partial charge in [-0.25, -0.2) is 9.18 Å². The number of rotatable bonds is 3. The average Bonchev–Trinajstić information content (AvgIpc) is 2.76. The molecule has 0 radical (unpaired) electrons. The number of esters is 1. The number of nitriles is 1. The van der Waals surface area contributed by atoms with Crippen molar-refractivity contribution in [2.45, 2.75) is 6.92 Å². The van der Waals surface area contributed by atoms with Crippen molar-refractivity contribution in [3.63, 3.8) is 0 Å². The molecule has 0 atom stereocenters. The Bertz CT molecular complexity index is 681. The molecule has 5 heteroatoms. The van der Waals surface area contributed by atoms with Crippen molar-refractivity contribution in [2.75, 3.05) is 6.61 Å². The fraction of sp³-hybridized carbons (Fsp3) is 0.200. The zero-order valence-electron chi connectivity index (χ0n) is 11.2. The molecule has 20 heavy (non-hydrogen) atoms. The molecule has 0 aliphatic carbocycles. The van der Waals surface area contributed by atoms with E-state index in [1.807, 2.05) is 6.07 Å². The third-order valence-corrected chi connectivity index (χ3v) is 2.90. The van der Waals surface area contributed by atoms with Gasteiger partial charge in [0.05, 0.1) is 12.2 Å². The minimum atomic E-state index is -0.504. The highest BCUT2D eigenvalue weighted by molar-refractivity contribution is 5.97. The van der Waals surface area contributed by atoms with Crippen molar-refractivity contribution in [1.82, 2.24) is 4.57 Å². The Balaban J connectivity index is 2.64. The first kappa shape index (κ1) is 13.8. The second-order valence-corrected chi connectivity index (χ2v) is 4.22. The molecule has 0 saturated carbocycles. The molecule has 0 aliphatic heterocycles. The summed E-state index contributed by atoms with van der Waals surface area (Å²) in [5, 5.41) is 9.19. The van der Waals surface area contributed by atoms with Crippen molar-refractivity contribution in [2.24, 2.45) is 7.05 Å². The molecule has 0 aliphatic rings. The number of nitrogens with zero attached hydrogens (tertiary/aromatic N) is 2. The summed E-state index contributed by atoms with van der Waals surface area (Å²) in [4.78, 5) is 12.0. The average molecular weight is 272 g/mol. The van der Waals surface area contributed by atoms with E-state index in [1.165, 1.54) is 24.3 Å². The van der Waals surface area contributed by atoms with Crippen molar-refractivity contribution in [3.8, 4) is 17.2 Å². The highest BCUT2D eigenvalue weighted by Gasteiger charge is 2.22. The molecule has 0 saturated heterocycles. The molecule has 1 heterocycles. The predicted octanol–water partition coefficient (Wildman–Crippen LogP) is 2.88. The lowest BCUT2D eigenvalue weighted by atomic mass is 10.0. The molecule has 1 aromatic carbocycles. The van der Waals surface area contributed by atoms with E-state index in [2.05, 4.69) is 0 Å². The van der Waals surface area contributed by atoms with Crippen molar-refractivity contribution in [3.05, 3.63) is 47.5 Å². The van der Waals surface area contributed by atoms with E-state index in [9.17, 15) is 14.4 Å². The maximum atomic E-state index is 13.0. The summed E-state index contributed by atoms with van der Waals surface area (Å²) in [6.45, 7) is 1.96. The van der Waals surface area contributed by atoms with E-state index in [-0.39, 0.29) is 18.1 Å². The number of hydrogen-bond donors (Lipinski definition) is 0. The minimum Gasteiger partial charge on any atom is -0.461 e. The summed E-state index contributed by atoms with van der Waals surface area (Å²) in [5.74, 6) is -0.878. The molecule has 2 aromatic rings. The number of halogens is 1. The highest BCUT2D eigenvalue weighted by Crippen LogP contribution is 2.29. The lowest BCUT2D eigenvalue weighted by Crippen LogP contribution is -2.10. The zero-order chi connectivity index (χ0) is 14.7. The van der Waals surface area contributed by atoms with E-state index in [4.69, 9.17) is 4.74 Å². The molecule has 102 valence electrons. The highest BCUT2D eigenvalue weighted by atomic mass is 19.1. The van der Waals surface area contributed by atoms with E-state index in [1.54, 1.807) is 24.7 Å². The van der Waals surface area contributed by atoms with Gasteiger partial charge in [0.25, 0.3) is 0 Å². The third kappa shape index (κ3) is 2.41. The number of aryl methyl sites for hydroxylation is 1. The second kappa shape index (κ2) is 5.57. The number of ether oxygens (including phenoxy) is 1. The maximum Gasteiger partial charge on any atom is 0.355 e. The van der Waals surface area contributed by atoms with E-state index < -0.39 is 5.97 Å². The summed E-state index contributed by atoms with van der Waals surface area (Å²) < 4.78 is 19.6. The van der Waals surface area contributed by atoms with Gasteiger partial charge < -0.3 is 9.30 Å². The van der Waals surface area contributed by atoms with Gasteiger partial charge in [-0.15, -0.1) is 0 Å². The summed E-state index contributed by atoms with van der Waals surface area (Å²) in [5.41, 5.74) is 1.71. The van der Waals surface area contributed by atoms with Gasteiger partial charge in [-0.05, 0) is 24.6 Å². The quantitative estimate of drug-likeness (QED) is 0.807. The summed E-state index contributed by atoms with van der Waals surface area (Å²) in [6, 6.07) is 7.70. The molecule has 4 nitrogen and oxygen atoms in total. The SMILES string of the molecule is CCOC(=O)c1c(-c2ccc(F)cc2)c(C#N)cn1C. The van der Waals surface area contributed by atoms with Crippen LogP contribution in [0, 0.1) is 17.1 Å². The van der Waals surface area contributed by atoms with Crippen LogP contribution in [-0.4, -0.2) is 17.1 Å². The molecule has 0 amide bonds. The minimum absolute atomic E-state index is 0.245. The van der Waals surface area contributed by atoms with E-state index in [0.29, 0.717) is 16.7 Å². The van der Waals surface area contributed by atoms with Crippen LogP contribution in [0.5, 0.6) is 0 Å². The Morgan fingerprint density at radius 2 is 2.05 bits per heavy atom. The molecule has 1 aromatic heterocycles. The van der Waals surface area contributed by atoms with Crippen LogP contribution in [0.3, 0.4) is 0 Å². The van der Waals surface area contributed by atoms with Gasteiger partial charge in [0.2, 0.25) is 0 Å². The first-order chi connectivity index (χ1) is 9.58. The van der Waals surface area contributed by atoms with Gasteiger partial charge in [0.1, 0.15) is 17.6 Å². The Labute approximate surface area is 116 Å². The summed E-state index contributed by atoms with van der Waals surface area (Å²) in [7, 11) is 1.67. The number of benzene rings is 1. The van der Waals surface area contributed by atoms with E-state index >= 15 is 0 Å². The fourth-order valence-electron chi connectivity index (χ4n) is 2.07. The Morgan fingerprint density at radius 3 is 2.60 bits per heavy atom. The van der Waals surface area contributed by atoms with E-state index in [0.717, 1.165) is 0 Å². The first-order valence-corrected chi connectivity index (χ1v) is 6.11. The van der Waals surface area contributed by atoms with Crippen LogP contribution in [-0.2, 0) is 11.8 Å². The predicted molar refractivity (Wildman–Crippen MR) is 71.5 cm³/mol. The molecule has 0 fully saturated rings. The lowest BCUT2D eigenvalue weighted by molar-refractivity contribution is 0.0516. The van der Waals surface area contributed by atoms with Crippen LogP contribution in [0.4, 0.5) is 4.39 Å². The standard InChI is InChI=1S/C15H13FN2O2/c1-3-20-15(19)14-13(11(8-17)9-18(14)2)10-4-6-12(16)7-5-10/h4-7,9H,3H2,1-2H3. The van der Waals surface area contributed by atoms with Crippen LogP contribution < -0.4 is 0 Å². The first-order valence-electron chi connectivity index (χ1n) is 6.11. The van der Waals surface area contributed by atoms with Crippen LogP contribution in [0.2, 0.25) is 0 Å². The molecule has 0 bridgehead atoms. The lowest BCUT2D eigenvalue weighted by Gasteiger charge is -2.07. The Morgan fingerprint density at radius 1 is 1.40 bits per heavy atom. The van der Waals surface area contributed by atoms with Crippen LogP contribution in [0.1, 0.15) is 23.0 Å². The topological polar surface area (TPSA) is 55.0 Å². The Hall–Kier alpha value is -2.61. The zero-order valence-corrected chi connectivity index (χ0v) is 11.2. The summed E-state index contributed by atoms with van der Waals surface area (Å²) in [6.07, 6.45) is 1.56. The molecular formula is C15H13FN2O2. The maximum absolute atomic E-state index is 13.0. The molecule has 0 unspecified atom stereocenters. The van der Waals surface area contributed by atoms with Crippen molar-refractivity contribution in [1.29, 1.82) is 5.26 Å². The second-order valence-electron chi connectivity index (χ2n) is 4.22. The number of aromatic nitrogens is 1. The molecule has 2 rings (SSSR count). The van der Waals surface area contributed by atoms with Gasteiger partial charge in [-0.1, -0.05) is 12.1 Å². The van der Waals surface area contributed by atoms with Gasteiger partial charge in [-0.2, -0.15) is 5.26 Å². The van der Waals surface area contributed by atoms with Gasteiger partial charge in [0.15, 0.2) is 0 Å². The normalized spacial score (nSPS) is 10.1. The van der Waals surface area contributed by atoms with Crippen LogP contribution in [0.25, 0.3) is 11.1 Å². The molecule has 0 N–H and O–H groups in total. The molecular weight excluding hydrogens is 259 g/mol. The Kier molecular flexibility index (Phi) is 3.85. The van der Waals surface area contributed by atoms with Gasteiger partial charge >= 0.3 is 5.97 Å². The smallest absolute Gasteiger partial charge is 0.355 e. The summed E-state index contributed by atoms with van der Waals surface area (Å²) >= 11 is 0. The fourth-order valence-corrected chi connectivity index (χ4v) is 2.07.